The highest BCUT2D eigenvalue weighted by molar-refractivity contribution is 7.92. The van der Waals surface area contributed by atoms with Crippen molar-refractivity contribution in [3.63, 3.8) is 0 Å². The molecular formula is C19H19N3O4S. The summed E-state index contributed by atoms with van der Waals surface area (Å²) < 4.78 is 34.3. The van der Waals surface area contributed by atoms with E-state index in [9.17, 15) is 13.2 Å². The van der Waals surface area contributed by atoms with Crippen LogP contribution in [-0.4, -0.2) is 31.3 Å². The zero-order valence-electron chi connectivity index (χ0n) is 14.9. The number of anilines is 1. The summed E-state index contributed by atoms with van der Waals surface area (Å²) in [7, 11) is -2.63. The van der Waals surface area contributed by atoms with E-state index in [0.717, 1.165) is 5.56 Å². The van der Waals surface area contributed by atoms with Gasteiger partial charge >= 0.3 is 5.97 Å². The van der Waals surface area contributed by atoms with Crippen molar-refractivity contribution in [2.24, 2.45) is 0 Å². The average Bonchev–Trinajstić information content (AvgIpc) is 3.08. The lowest BCUT2D eigenvalue weighted by Gasteiger charge is -2.10. The molecule has 140 valence electrons. The Kier molecular flexibility index (Phi) is 5.27. The van der Waals surface area contributed by atoms with Crippen molar-refractivity contribution < 1.29 is 17.9 Å². The van der Waals surface area contributed by atoms with E-state index >= 15 is 0 Å². The van der Waals surface area contributed by atoms with Gasteiger partial charge in [-0.25, -0.2) is 13.2 Å². The molecule has 0 saturated carbocycles. The van der Waals surface area contributed by atoms with Gasteiger partial charge in [-0.15, -0.1) is 0 Å². The first-order valence-electron chi connectivity index (χ1n) is 8.17. The molecule has 0 unspecified atom stereocenters. The van der Waals surface area contributed by atoms with Crippen molar-refractivity contribution in [2.45, 2.75) is 18.4 Å². The highest BCUT2D eigenvalue weighted by Crippen LogP contribution is 2.21. The summed E-state index contributed by atoms with van der Waals surface area (Å²) in [6.45, 7) is 2.19. The van der Waals surface area contributed by atoms with E-state index in [1.807, 2.05) is 30.3 Å². The molecule has 8 heteroatoms. The number of aryl methyl sites for hydroxylation is 1. The molecule has 1 aromatic heterocycles. The van der Waals surface area contributed by atoms with Gasteiger partial charge in [0.15, 0.2) is 0 Å². The Morgan fingerprint density at radius 1 is 1.19 bits per heavy atom. The predicted octanol–water partition coefficient (Wildman–Crippen LogP) is 2.83. The number of carbonyl (C=O) groups excluding carboxylic acids is 1. The molecule has 27 heavy (non-hydrogen) atoms. The van der Waals surface area contributed by atoms with Crippen LogP contribution in [0, 0.1) is 6.92 Å². The molecule has 0 aliphatic heterocycles. The van der Waals surface area contributed by atoms with Crippen molar-refractivity contribution >= 4 is 21.7 Å². The van der Waals surface area contributed by atoms with Crippen LogP contribution in [0.15, 0.2) is 65.8 Å². The van der Waals surface area contributed by atoms with Gasteiger partial charge in [-0.3, -0.25) is 9.40 Å². The molecule has 1 heterocycles. The number of methoxy groups -OCH3 is 1. The fourth-order valence-corrected chi connectivity index (χ4v) is 3.92. The number of carbonyl (C=O) groups is 1. The van der Waals surface area contributed by atoms with Gasteiger partial charge in [-0.2, -0.15) is 5.10 Å². The van der Waals surface area contributed by atoms with E-state index in [-0.39, 0.29) is 10.5 Å². The smallest absolute Gasteiger partial charge is 0.337 e. The Hall–Kier alpha value is -3.13. The van der Waals surface area contributed by atoms with E-state index in [1.165, 1.54) is 25.4 Å². The quantitative estimate of drug-likeness (QED) is 0.659. The summed E-state index contributed by atoms with van der Waals surface area (Å²) >= 11 is 0. The number of esters is 1. The van der Waals surface area contributed by atoms with Crippen LogP contribution >= 0.6 is 0 Å². The molecule has 7 nitrogen and oxygen atoms in total. The molecule has 1 N–H and O–H groups in total. The number of benzene rings is 2. The molecule has 0 spiro atoms. The van der Waals surface area contributed by atoms with Crippen LogP contribution in [-0.2, 0) is 21.3 Å². The number of aromatic nitrogens is 2. The number of rotatable bonds is 6. The molecule has 2 aromatic carbocycles. The Morgan fingerprint density at radius 2 is 1.93 bits per heavy atom. The molecular weight excluding hydrogens is 366 g/mol. The van der Waals surface area contributed by atoms with Crippen LogP contribution in [0.5, 0.6) is 0 Å². The maximum atomic E-state index is 12.8. The Bertz CT molecular complexity index is 1060. The number of hydrogen-bond donors (Lipinski definition) is 1. The van der Waals surface area contributed by atoms with Gasteiger partial charge in [-0.1, -0.05) is 36.4 Å². The SMILES string of the molecule is COC(=O)c1ccc(C)c(S(=O)(=O)Nc2cnn(Cc3ccccc3)c2)c1. The molecule has 0 bridgehead atoms. The Balaban J connectivity index is 1.82. The van der Waals surface area contributed by atoms with Crippen molar-refractivity contribution in [2.75, 3.05) is 11.8 Å². The summed E-state index contributed by atoms with van der Waals surface area (Å²) in [6.07, 6.45) is 3.06. The van der Waals surface area contributed by atoms with Crippen molar-refractivity contribution in [1.29, 1.82) is 0 Å². The summed E-state index contributed by atoms with van der Waals surface area (Å²) in [5.74, 6) is -0.595. The highest BCUT2D eigenvalue weighted by atomic mass is 32.2. The number of hydrogen-bond acceptors (Lipinski definition) is 5. The van der Waals surface area contributed by atoms with E-state index in [2.05, 4.69) is 14.6 Å². The van der Waals surface area contributed by atoms with Crippen molar-refractivity contribution in [3.05, 3.63) is 77.6 Å². The first kappa shape index (κ1) is 18.7. The average molecular weight is 385 g/mol. The molecule has 0 aliphatic rings. The summed E-state index contributed by atoms with van der Waals surface area (Å²) in [5.41, 5.74) is 2.08. The van der Waals surface area contributed by atoms with E-state index < -0.39 is 16.0 Å². The molecule has 0 radical (unpaired) electrons. The third kappa shape index (κ3) is 4.35. The Labute approximate surface area is 157 Å². The minimum absolute atomic E-state index is 0.0150. The van der Waals surface area contributed by atoms with E-state index in [4.69, 9.17) is 0 Å². The third-order valence-corrected chi connectivity index (χ3v) is 5.49. The maximum Gasteiger partial charge on any atom is 0.337 e. The predicted molar refractivity (Wildman–Crippen MR) is 101 cm³/mol. The molecule has 0 amide bonds. The summed E-state index contributed by atoms with van der Waals surface area (Å²) in [5, 5.41) is 4.19. The lowest BCUT2D eigenvalue weighted by atomic mass is 10.1. The van der Waals surface area contributed by atoms with Gasteiger partial charge in [0, 0.05) is 6.20 Å². The largest absolute Gasteiger partial charge is 0.465 e. The van der Waals surface area contributed by atoms with Gasteiger partial charge in [0.05, 0.1) is 36.0 Å². The first-order chi connectivity index (χ1) is 12.9. The van der Waals surface area contributed by atoms with Crippen LogP contribution in [0.4, 0.5) is 5.69 Å². The van der Waals surface area contributed by atoms with Gasteiger partial charge in [0.25, 0.3) is 10.0 Å². The minimum atomic E-state index is -3.88. The second-order valence-electron chi connectivity index (χ2n) is 5.99. The van der Waals surface area contributed by atoms with Gasteiger partial charge in [-0.05, 0) is 30.2 Å². The Morgan fingerprint density at radius 3 is 2.63 bits per heavy atom. The summed E-state index contributed by atoms with van der Waals surface area (Å²) in [6, 6.07) is 14.1. The molecule has 3 aromatic rings. The topological polar surface area (TPSA) is 90.3 Å². The second kappa shape index (κ2) is 7.63. The van der Waals surface area contributed by atoms with Crippen LogP contribution in [0.2, 0.25) is 0 Å². The lowest BCUT2D eigenvalue weighted by Crippen LogP contribution is -2.15. The van der Waals surface area contributed by atoms with Crippen molar-refractivity contribution in [3.8, 4) is 0 Å². The van der Waals surface area contributed by atoms with Gasteiger partial charge in [0.1, 0.15) is 0 Å². The van der Waals surface area contributed by atoms with Gasteiger partial charge in [0.2, 0.25) is 0 Å². The monoisotopic (exact) mass is 385 g/mol. The molecule has 0 fully saturated rings. The fraction of sp³-hybridized carbons (Fsp3) is 0.158. The molecule has 0 saturated heterocycles. The molecule has 3 rings (SSSR count). The van der Waals surface area contributed by atoms with Crippen LogP contribution in [0.25, 0.3) is 0 Å². The minimum Gasteiger partial charge on any atom is -0.465 e. The van der Waals surface area contributed by atoms with Gasteiger partial charge < -0.3 is 4.74 Å². The maximum absolute atomic E-state index is 12.8. The number of sulfonamides is 1. The number of nitrogens with zero attached hydrogens (tertiary/aromatic N) is 2. The zero-order chi connectivity index (χ0) is 19.4. The van der Waals surface area contributed by atoms with Crippen LogP contribution in [0.1, 0.15) is 21.5 Å². The number of ether oxygens (including phenoxy) is 1. The standard InChI is InChI=1S/C19H19N3O4S/c1-14-8-9-16(19(23)26-2)10-18(14)27(24,25)21-17-11-20-22(13-17)12-15-6-4-3-5-7-15/h3-11,13,21H,12H2,1-2H3. The van der Waals surface area contributed by atoms with E-state index in [0.29, 0.717) is 17.8 Å². The highest BCUT2D eigenvalue weighted by Gasteiger charge is 2.20. The lowest BCUT2D eigenvalue weighted by molar-refractivity contribution is 0.0600. The summed E-state index contributed by atoms with van der Waals surface area (Å²) in [4.78, 5) is 11.7. The van der Waals surface area contributed by atoms with Crippen LogP contribution < -0.4 is 4.72 Å². The van der Waals surface area contributed by atoms with Crippen LogP contribution in [0.3, 0.4) is 0 Å². The number of nitrogens with one attached hydrogen (secondary N) is 1. The zero-order valence-corrected chi connectivity index (χ0v) is 15.7. The van der Waals surface area contributed by atoms with E-state index in [1.54, 1.807) is 23.9 Å². The third-order valence-electron chi connectivity index (χ3n) is 3.97. The first-order valence-corrected chi connectivity index (χ1v) is 9.65. The normalized spacial score (nSPS) is 11.2. The molecule has 0 aliphatic carbocycles. The molecule has 0 atom stereocenters. The fourth-order valence-electron chi connectivity index (χ4n) is 2.62. The second-order valence-corrected chi connectivity index (χ2v) is 7.64. The van der Waals surface area contributed by atoms with Crippen molar-refractivity contribution in [1.82, 2.24) is 9.78 Å².